The van der Waals surface area contributed by atoms with E-state index in [1.54, 1.807) is 0 Å². The first-order valence-electron chi connectivity index (χ1n) is 9.60. The van der Waals surface area contributed by atoms with E-state index < -0.39 is 0 Å². The molecule has 4 fully saturated rings. The third kappa shape index (κ3) is 1.46. The summed E-state index contributed by atoms with van der Waals surface area (Å²) in [6.45, 7) is 19.5. The molecule has 124 valence electrons. The van der Waals surface area contributed by atoms with Crippen molar-refractivity contribution in [2.24, 2.45) is 34.5 Å². The summed E-state index contributed by atoms with van der Waals surface area (Å²) in [5.41, 5.74) is 3.00. The first-order chi connectivity index (χ1) is 10.1. The molecule has 1 heteroatoms. The fourth-order valence-electron chi connectivity index (χ4n) is 7.13. The average molecular weight is 302 g/mol. The molecule has 0 amide bonds. The Labute approximate surface area is 137 Å². The second-order valence-corrected chi connectivity index (χ2v) is 10.3. The largest absolute Gasteiger partial charge is 0.300 e. The summed E-state index contributed by atoms with van der Waals surface area (Å²) in [4.78, 5) is 0. The normalized spacial score (nSPS) is 54.4. The first kappa shape index (κ1) is 15.2. The summed E-state index contributed by atoms with van der Waals surface area (Å²) in [7, 11) is 0. The number of hydrogen-bond donors (Lipinski definition) is 1. The highest BCUT2D eigenvalue weighted by atomic mass is 15.2. The van der Waals surface area contributed by atoms with Crippen LogP contribution in [0.4, 0.5) is 0 Å². The first-order valence-corrected chi connectivity index (χ1v) is 9.60. The van der Waals surface area contributed by atoms with Crippen molar-refractivity contribution in [3.63, 3.8) is 0 Å². The van der Waals surface area contributed by atoms with E-state index in [0.29, 0.717) is 22.3 Å². The van der Waals surface area contributed by atoms with Crippen molar-refractivity contribution in [1.82, 2.24) is 5.32 Å². The minimum absolute atomic E-state index is 0.230. The van der Waals surface area contributed by atoms with Crippen molar-refractivity contribution in [3.8, 4) is 0 Å². The molecule has 1 N–H and O–H groups in total. The number of fused-ring (bicyclic) bond motifs is 2. The molecule has 0 radical (unpaired) electrons. The van der Waals surface area contributed by atoms with Crippen LogP contribution in [0.15, 0.2) is 12.2 Å². The van der Waals surface area contributed by atoms with Gasteiger partial charge in [0.25, 0.3) is 0 Å². The van der Waals surface area contributed by atoms with Gasteiger partial charge in [-0.2, -0.15) is 0 Å². The highest BCUT2D eigenvalue weighted by Gasteiger charge is 2.80. The van der Waals surface area contributed by atoms with Crippen LogP contribution in [0.1, 0.15) is 73.6 Å². The van der Waals surface area contributed by atoms with Crippen LogP contribution in [-0.4, -0.2) is 11.1 Å². The van der Waals surface area contributed by atoms with Gasteiger partial charge >= 0.3 is 0 Å². The van der Waals surface area contributed by atoms with Crippen LogP contribution in [0, 0.1) is 34.5 Å². The van der Waals surface area contributed by atoms with Gasteiger partial charge in [-0.05, 0) is 60.2 Å². The predicted octanol–water partition coefficient (Wildman–Crippen LogP) is 5.17. The minimum Gasteiger partial charge on any atom is -0.300 e. The van der Waals surface area contributed by atoms with Gasteiger partial charge < -0.3 is 5.32 Å². The molecule has 22 heavy (non-hydrogen) atoms. The second-order valence-electron chi connectivity index (χ2n) is 10.3. The van der Waals surface area contributed by atoms with Gasteiger partial charge in [-0.1, -0.05) is 60.1 Å². The van der Waals surface area contributed by atoms with E-state index in [4.69, 9.17) is 0 Å². The van der Waals surface area contributed by atoms with Crippen LogP contribution < -0.4 is 5.32 Å². The standard InChI is InChI=1S/C21H35N/c1-13-8-10-16-18(4,5)20(16,12-13)22-21-15(3)14(2)9-11-17(21)19(21,6)7/h13-14,16-17,22H,3,8-12H2,1-2,4-7H3. The maximum absolute atomic E-state index is 4.61. The lowest BCUT2D eigenvalue weighted by Gasteiger charge is -2.40. The molecule has 0 aromatic rings. The maximum Gasteiger partial charge on any atom is 0.0488 e. The Morgan fingerprint density at radius 1 is 0.909 bits per heavy atom. The van der Waals surface area contributed by atoms with Crippen molar-refractivity contribution in [3.05, 3.63) is 12.2 Å². The molecular weight excluding hydrogens is 266 g/mol. The molecule has 6 unspecified atom stereocenters. The Morgan fingerprint density at radius 2 is 1.55 bits per heavy atom. The van der Waals surface area contributed by atoms with E-state index >= 15 is 0 Å². The van der Waals surface area contributed by atoms with Crippen molar-refractivity contribution in [2.75, 3.05) is 0 Å². The molecule has 6 atom stereocenters. The molecule has 0 spiro atoms. The summed E-state index contributed by atoms with van der Waals surface area (Å²) in [6.07, 6.45) is 6.94. The zero-order valence-electron chi connectivity index (χ0n) is 15.6. The second kappa shape index (κ2) is 4.02. The van der Waals surface area contributed by atoms with Crippen molar-refractivity contribution in [2.45, 2.75) is 84.7 Å². The fraction of sp³-hybridized carbons (Fsp3) is 0.905. The lowest BCUT2D eigenvalue weighted by Crippen LogP contribution is -2.52. The van der Waals surface area contributed by atoms with Gasteiger partial charge in [0.15, 0.2) is 0 Å². The lowest BCUT2D eigenvalue weighted by molar-refractivity contribution is 0.226. The van der Waals surface area contributed by atoms with Gasteiger partial charge in [0.1, 0.15) is 0 Å². The molecule has 0 aliphatic heterocycles. The van der Waals surface area contributed by atoms with Crippen LogP contribution in [-0.2, 0) is 0 Å². The molecule has 0 aromatic heterocycles. The Balaban J connectivity index is 1.69. The van der Waals surface area contributed by atoms with Gasteiger partial charge in [-0.15, -0.1) is 0 Å². The van der Waals surface area contributed by atoms with E-state index in [0.717, 1.165) is 17.8 Å². The van der Waals surface area contributed by atoms with E-state index in [-0.39, 0.29) is 5.54 Å². The molecule has 4 aliphatic rings. The predicted molar refractivity (Wildman–Crippen MR) is 93.7 cm³/mol. The van der Waals surface area contributed by atoms with Crippen molar-refractivity contribution >= 4 is 0 Å². The third-order valence-electron chi connectivity index (χ3n) is 8.89. The maximum atomic E-state index is 4.61. The van der Waals surface area contributed by atoms with Crippen molar-refractivity contribution < 1.29 is 0 Å². The summed E-state index contributed by atoms with van der Waals surface area (Å²) >= 11 is 0. The van der Waals surface area contributed by atoms with Crippen LogP contribution in [0.2, 0.25) is 0 Å². The lowest BCUT2D eigenvalue weighted by atomic mass is 9.79. The summed E-state index contributed by atoms with van der Waals surface area (Å²) in [6, 6.07) is 0. The summed E-state index contributed by atoms with van der Waals surface area (Å²) in [5, 5.41) is 4.35. The zero-order chi connectivity index (χ0) is 16.1. The SMILES string of the molecule is C=C1C(C)CCC2C(C)(C)C12NC12CC(C)CCC1C2(C)C. The molecular formula is C21H35N. The highest BCUT2D eigenvalue weighted by molar-refractivity contribution is 5.45. The number of hydrogen-bond acceptors (Lipinski definition) is 1. The topological polar surface area (TPSA) is 12.0 Å². The molecule has 4 aliphatic carbocycles. The molecule has 4 saturated carbocycles. The van der Waals surface area contributed by atoms with Gasteiger partial charge in [0, 0.05) is 11.1 Å². The van der Waals surface area contributed by atoms with Gasteiger partial charge in [-0.25, -0.2) is 0 Å². The minimum atomic E-state index is 0.230. The van der Waals surface area contributed by atoms with Crippen LogP contribution >= 0.6 is 0 Å². The Morgan fingerprint density at radius 3 is 2.23 bits per heavy atom. The third-order valence-corrected chi connectivity index (χ3v) is 8.89. The van der Waals surface area contributed by atoms with E-state index in [1.165, 1.54) is 37.7 Å². The van der Waals surface area contributed by atoms with Crippen LogP contribution in [0.3, 0.4) is 0 Å². The number of nitrogens with one attached hydrogen (secondary N) is 1. The van der Waals surface area contributed by atoms with Crippen LogP contribution in [0.25, 0.3) is 0 Å². The smallest absolute Gasteiger partial charge is 0.0488 e. The van der Waals surface area contributed by atoms with Gasteiger partial charge in [-0.3, -0.25) is 0 Å². The Kier molecular flexibility index (Phi) is 2.79. The quantitative estimate of drug-likeness (QED) is 0.694. The molecule has 0 heterocycles. The van der Waals surface area contributed by atoms with Gasteiger partial charge in [0.2, 0.25) is 0 Å². The van der Waals surface area contributed by atoms with E-state index in [1.807, 2.05) is 0 Å². The average Bonchev–Trinajstić information content (AvgIpc) is 3.10. The summed E-state index contributed by atoms with van der Waals surface area (Å²) < 4.78 is 0. The molecule has 1 nitrogen and oxygen atoms in total. The summed E-state index contributed by atoms with van der Waals surface area (Å²) in [5.74, 6) is 3.25. The molecule has 0 bridgehead atoms. The molecule has 0 saturated heterocycles. The van der Waals surface area contributed by atoms with Crippen LogP contribution in [0.5, 0.6) is 0 Å². The van der Waals surface area contributed by atoms with Crippen molar-refractivity contribution in [1.29, 1.82) is 0 Å². The zero-order valence-corrected chi connectivity index (χ0v) is 15.6. The Bertz CT molecular complexity index is 530. The Hall–Kier alpha value is -0.300. The monoisotopic (exact) mass is 301 g/mol. The molecule has 0 aromatic carbocycles. The van der Waals surface area contributed by atoms with E-state index in [9.17, 15) is 0 Å². The number of rotatable bonds is 2. The highest BCUT2D eigenvalue weighted by Crippen LogP contribution is 2.76. The molecule has 4 rings (SSSR count). The fourth-order valence-corrected chi connectivity index (χ4v) is 7.13. The van der Waals surface area contributed by atoms with Gasteiger partial charge in [0.05, 0.1) is 0 Å². The van der Waals surface area contributed by atoms with E-state index in [2.05, 4.69) is 53.4 Å².